The predicted molar refractivity (Wildman–Crippen MR) is 94.3 cm³/mol. The molecule has 7 nitrogen and oxygen atoms in total. The van der Waals surface area contributed by atoms with Crippen LogP contribution in [0.25, 0.3) is 0 Å². The first-order chi connectivity index (χ1) is 12.4. The number of aryl methyl sites for hydroxylation is 1. The minimum absolute atomic E-state index is 0.00571. The molecule has 0 unspecified atom stereocenters. The Morgan fingerprint density at radius 3 is 2.19 bits per heavy atom. The van der Waals surface area contributed by atoms with Crippen LogP contribution >= 0.6 is 0 Å². The molecule has 7 heteroatoms. The Kier molecular flexibility index (Phi) is 4.53. The lowest BCUT2D eigenvalue weighted by molar-refractivity contribution is -0.121. The lowest BCUT2D eigenvalue weighted by Crippen LogP contribution is -2.28. The smallest absolute Gasteiger partial charge is 0.337 e. The van der Waals surface area contributed by atoms with Gasteiger partial charge in [0.05, 0.1) is 16.9 Å². The Balaban J connectivity index is 1.81. The summed E-state index contributed by atoms with van der Waals surface area (Å²) in [6, 6.07) is 10.7. The van der Waals surface area contributed by atoms with E-state index < -0.39 is 11.9 Å². The van der Waals surface area contributed by atoms with E-state index in [4.69, 9.17) is 0 Å². The molecule has 1 fully saturated rings. The van der Waals surface area contributed by atoms with E-state index in [0.29, 0.717) is 5.69 Å². The van der Waals surface area contributed by atoms with E-state index in [1.54, 1.807) is 19.1 Å². The van der Waals surface area contributed by atoms with Crippen molar-refractivity contribution in [2.45, 2.75) is 19.8 Å². The molecular weight excluding hydrogens is 336 g/mol. The van der Waals surface area contributed by atoms with Gasteiger partial charge in [0.15, 0.2) is 0 Å². The van der Waals surface area contributed by atoms with E-state index in [-0.39, 0.29) is 41.5 Å². The number of nitrogens with zero attached hydrogens (tertiary/aromatic N) is 1. The molecule has 0 atom stereocenters. The van der Waals surface area contributed by atoms with Crippen molar-refractivity contribution in [2.75, 3.05) is 10.2 Å². The van der Waals surface area contributed by atoms with Crippen molar-refractivity contribution >= 4 is 35.1 Å². The molecular formula is C19H16N2O5. The number of anilines is 2. The van der Waals surface area contributed by atoms with Crippen LogP contribution in [-0.4, -0.2) is 28.8 Å². The topological polar surface area (TPSA) is 104 Å². The summed E-state index contributed by atoms with van der Waals surface area (Å²) in [5, 5.41) is 11.8. The minimum Gasteiger partial charge on any atom is -0.478 e. The molecule has 1 aliphatic heterocycles. The van der Waals surface area contributed by atoms with E-state index in [2.05, 4.69) is 5.32 Å². The molecule has 0 saturated carbocycles. The fraction of sp³-hybridized carbons (Fsp3) is 0.158. The number of rotatable bonds is 4. The first-order valence-corrected chi connectivity index (χ1v) is 7.98. The maximum atomic E-state index is 12.4. The summed E-state index contributed by atoms with van der Waals surface area (Å²) < 4.78 is 0. The van der Waals surface area contributed by atoms with Gasteiger partial charge in [-0.15, -0.1) is 0 Å². The monoisotopic (exact) mass is 352 g/mol. The average Bonchev–Trinajstić information content (AvgIpc) is 2.93. The van der Waals surface area contributed by atoms with Crippen LogP contribution in [0.3, 0.4) is 0 Å². The molecule has 0 aliphatic carbocycles. The number of imide groups is 1. The Labute approximate surface area is 149 Å². The van der Waals surface area contributed by atoms with Crippen LogP contribution < -0.4 is 10.2 Å². The largest absolute Gasteiger partial charge is 0.478 e. The van der Waals surface area contributed by atoms with Gasteiger partial charge in [0.1, 0.15) is 0 Å². The Morgan fingerprint density at radius 1 is 1.00 bits per heavy atom. The summed E-state index contributed by atoms with van der Waals surface area (Å²) in [6.07, 6.45) is 0.374. The molecule has 2 N–H and O–H groups in total. The van der Waals surface area contributed by atoms with E-state index in [0.717, 1.165) is 10.5 Å². The van der Waals surface area contributed by atoms with Gasteiger partial charge in [-0.25, -0.2) is 4.79 Å². The zero-order chi connectivity index (χ0) is 18.8. The summed E-state index contributed by atoms with van der Waals surface area (Å²) in [5.74, 6) is -2.15. The quantitative estimate of drug-likeness (QED) is 0.823. The third-order valence-electron chi connectivity index (χ3n) is 4.09. The molecule has 1 heterocycles. The highest BCUT2D eigenvalue weighted by molar-refractivity contribution is 6.20. The molecule has 2 aromatic rings. The number of carboxylic acids is 1. The van der Waals surface area contributed by atoms with Gasteiger partial charge in [-0.2, -0.15) is 0 Å². The van der Waals surface area contributed by atoms with Gasteiger partial charge in [-0.05, 0) is 48.9 Å². The average molecular weight is 352 g/mol. The SMILES string of the molecule is Cc1ccc(C(=O)O)c(NC(=O)c2ccc(N3C(=O)CCC3=O)cc2)c1. The van der Waals surface area contributed by atoms with Crippen LogP contribution in [0.1, 0.15) is 39.1 Å². The van der Waals surface area contributed by atoms with Crippen molar-refractivity contribution in [3.05, 3.63) is 59.2 Å². The molecule has 26 heavy (non-hydrogen) atoms. The van der Waals surface area contributed by atoms with Gasteiger partial charge in [0.2, 0.25) is 11.8 Å². The van der Waals surface area contributed by atoms with Crippen molar-refractivity contribution < 1.29 is 24.3 Å². The van der Waals surface area contributed by atoms with Crippen LogP contribution in [0.2, 0.25) is 0 Å². The first-order valence-electron chi connectivity index (χ1n) is 7.98. The third kappa shape index (κ3) is 3.32. The maximum absolute atomic E-state index is 12.4. The van der Waals surface area contributed by atoms with Gasteiger partial charge >= 0.3 is 5.97 Å². The van der Waals surface area contributed by atoms with Crippen LogP contribution in [0, 0.1) is 6.92 Å². The Bertz CT molecular complexity index is 902. The molecule has 0 spiro atoms. The van der Waals surface area contributed by atoms with Crippen molar-refractivity contribution in [1.82, 2.24) is 0 Å². The van der Waals surface area contributed by atoms with Gasteiger partial charge in [-0.3, -0.25) is 19.3 Å². The number of carbonyl (C=O) groups is 4. The number of carboxylic acid groups (broad SMARTS) is 1. The molecule has 0 aromatic heterocycles. The molecule has 1 aliphatic rings. The Hall–Kier alpha value is -3.48. The van der Waals surface area contributed by atoms with Crippen LogP contribution in [0.15, 0.2) is 42.5 Å². The van der Waals surface area contributed by atoms with Gasteiger partial charge < -0.3 is 10.4 Å². The molecule has 3 rings (SSSR count). The lowest BCUT2D eigenvalue weighted by atomic mass is 10.1. The second kappa shape index (κ2) is 6.79. The Morgan fingerprint density at radius 2 is 1.62 bits per heavy atom. The predicted octanol–water partition coefficient (Wildman–Crippen LogP) is 2.60. The second-order valence-electron chi connectivity index (χ2n) is 5.98. The maximum Gasteiger partial charge on any atom is 0.337 e. The number of carbonyl (C=O) groups excluding carboxylic acids is 3. The number of hydrogen-bond donors (Lipinski definition) is 2. The number of benzene rings is 2. The normalized spacial score (nSPS) is 13.8. The number of aromatic carboxylic acids is 1. The lowest BCUT2D eigenvalue weighted by Gasteiger charge is -2.14. The molecule has 3 amide bonds. The summed E-state index contributed by atoms with van der Waals surface area (Å²) in [6.45, 7) is 1.79. The summed E-state index contributed by atoms with van der Waals surface area (Å²) in [5.41, 5.74) is 1.71. The molecule has 0 radical (unpaired) electrons. The minimum atomic E-state index is -1.14. The number of amides is 3. The first kappa shape index (κ1) is 17.3. The zero-order valence-corrected chi connectivity index (χ0v) is 14.0. The van der Waals surface area contributed by atoms with Gasteiger partial charge in [0.25, 0.3) is 5.91 Å². The molecule has 132 valence electrons. The second-order valence-corrected chi connectivity index (χ2v) is 5.98. The van der Waals surface area contributed by atoms with E-state index in [1.807, 2.05) is 0 Å². The van der Waals surface area contributed by atoms with Gasteiger partial charge in [-0.1, -0.05) is 6.07 Å². The van der Waals surface area contributed by atoms with Crippen LogP contribution in [-0.2, 0) is 9.59 Å². The highest BCUT2D eigenvalue weighted by atomic mass is 16.4. The van der Waals surface area contributed by atoms with E-state index in [1.165, 1.54) is 30.3 Å². The van der Waals surface area contributed by atoms with Crippen molar-refractivity contribution in [2.24, 2.45) is 0 Å². The highest BCUT2D eigenvalue weighted by Gasteiger charge is 2.30. The van der Waals surface area contributed by atoms with Crippen molar-refractivity contribution in [3.63, 3.8) is 0 Å². The van der Waals surface area contributed by atoms with E-state index in [9.17, 15) is 24.3 Å². The van der Waals surface area contributed by atoms with Crippen LogP contribution in [0.5, 0.6) is 0 Å². The summed E-state index contributed by atoms with van der Waals surface area (Å²) >= 11 is 0. The fourth-order valence-corrected chi connectivity index (χ4v) is 2.77. The number of hydrogen-bond acceptors (Lipinski definition) is 4. The third-order valence-corrected chi connectivity index (χ3v) is 4.09. The summed E-state index contributed by atoms with van der Waals surface area (Å²) in [4.78, 5) is 48.3. The molecule has 1 saturated heterocycles. The highest BCUT2D eigenvalue weighted by Crippen LogP contribution is 2.24. The molecule has 0 bridgehead atoms. The van der Waals surface area contributed by atoms with Gasteiger partial charge in [0, 0.05) is 18.4 Å². The van der Waals surface area contributed by atoms with Crippen molar-refractivity contribution in [1.29, 1.82) is 0 Å². The number of nitrogens with one attached hydrogen (secondary N) is 1. The van der Waals surface area contributed by atoms with Crippen molar-refractivity contribution in [3.8, 4) is 0 Å². The zero-order valence-electron chi connectivity index (χ0n) is 14.0. The standard InChI is InChI=1S/C19H16N2O5/c1-11-2-7-14(19(25)26)15(10-11)20-18(24)12-3-5-13(6-4-12)21-16(22)8-9-17(21)23/h2-7,10H,8-9H2,1H3,(H,20,24)(H,25,26). The van der Waals surface area contributed by atoms with E-state index >= 15 is 0 Å². The molecule has 2 aromatic carbocycles. The summed E-state index contributed by atoms with van der Waals surface area (Å²) in [7, 11) is 0. The van der Waals surface area contributed by atoms with Crippen LogP contribution in [0.4, 0.5) is 11.4 Å². The fourth-order valence-electron chi connectivity index (χ4n) is 2.77.